The van der Waals surface area contributed by atoms with Crippen LogP contribution in [0.4, 0.5) is 0 Å². The van der Waals surface area contributed by atoms with E-state index in [1.54, 1.807) is 0 Å². The number of para-hydroxylation sites is 2. The predicted molar refractivity (Wildman–Crippen MR) is 220 cm³/mol. The molecule has 0 spiro atoms. The van der Waals surface area contributed by atoms with E-state index in [4.69, 9.17) is 9.97 Å². The molecule has 3 nitrogen and oxygen atoms in total. The van der Waals surface area contributed by atoms with Gasteiger partial charge in [-0.2, -0.15) is 0 Å². The lowest BCUT2D eigenvalue weighted by Crippen LogP contribution is -2.24. The van der Waals surface area contributed by atoms with Crippen LogP contribution in [0.2, 0.25) is 0 Å². The summed E-state index contributed by atoms with van der Waals surface area (Å²) < 4.78 is 2.52. The van der Waals surface area contributed by atoms with Crippen molar-refractivity contribution in [3.8, 4) is 50.6 Å². The number of nitrogens with zero attached hydrogens (tertiary/aromatic N) is 3. The van der Waals surface area contributed by atoms with Crippen LogP contribution < -0.4 is 0 Å². The molecule has 7 aromatic carbocycles. The van der Waals surface area contributed by atoms with Gasteiger partial charge in [0.1, 0.15) is 0 Å². The fraction of sp³-hybridized carbons (Fsp3) is 0.120. The summed E-state index contributed by atoms with van der Waals surface area (Å²) in [7, 11) is 0. The molecule has 2 heterocycles. The maximum atomic E-state index is 5.18. The van der Waals surface area contributed by atoms with Gasteiger partial charge in [0, 0.05) is 49.4 Å². The fourth-order valence-corrected chi connectivity index (χ4v) is 9.82. The van der Waals surface area contributed by atoms with Crippen molar-refractivity contribution in [2.24, 2.45) is 0 Å². The van der Waals surface area contributed by atoms with Crippen LogP contribution in [-0.2, 0) is 10.8 Å². The third kappa shape index (κ3) is 4.00. The van der Waals surface area contributed by atoms with Crippen LogP contribution in [0, 0.1) is 0 Å². The molecule has 252 valence electrons. The van der Waals surface area contributed by atoms with Crippen molar-refractivity contribution in [3.05, 3.63) is 174 Å². The normalized spacial score (nSPS) is 14.7. The van der Waals surface area contributed by atoms with Crippen LogP contribution in [0.15, 0.2) is 152 Å². The van der Waals surface area contributed by atoms with E-state index in [0.717, 1.165) is 39.2 Å². The molecular formula is C50H37N3. The van der Waals surface area contributed by atoms with Crippen LogP contribution in [0.3, 0.4) is 0 Å². The fourth-order valence-electron chi connectivity index (χ4n) is 9.82. The van der Waals surface area contributed by atoms with Gasteiger partial charge in [-0.25, -0.2) is 9.97 Å². The van der Waals surface area contributed by atoms with Crippen LogP contribution in [0.25, 0.3) is 83.3 Å². The van der Waals surface area contributed by atoms with Gasteiger partial charge in [0.25, 0.3) is 0 Å². The molecule has 0 saturated heterocycles. The monoisotopic (exact) mass is 679 g/mol. The second kappa shape index (κ2) is 10.6. The second-order valence-corrected chi connectivity index (χ2v) is 15.7. The molecule has 0 fully saturated rings. The van der Waals surface area contributed by atoms with Gasteiger partial charge in [0.15, 0.2) is 5.82 Å². The highest BCUT2D eigenvalue weighted by Crippen LogP contribution is 2.63. The lowest BCUT2D eigenvalue weighted by atomic mass is 9.72. The van der Waals surface area contributed by atoms with Gasteiger partial charge in [-0.05, 0) is 75.3 Å². The molecule has 0 bridgehead atoms. The number of hydrogen-bond acceptors (Lipinski definition) is 2. The van der Waals surface area contributed by atoms with E-state index in [0.29, 0.717) is 0 Å². The predicted octanol–water partition coefficient (Wildman–Crippen LogP) is 12.7. The summed E-state index contributed by atoms with van der Waals surface area (Å²) in [5.41, 5.74) is 18.5. The standard InChI is InChI=1S/C50H37N3/c1-49(2)37-22-12-8-18-33(37)41-42-36-21-11-15-25-40(36)53(47(42)43-34-19-9-13-23-38(34)50(3,4)45(43)44(41)49)32-28-26-31(27-29-32)48-51-39-24-14-10-20-35(39)46(52-48)30-16-6-5-7-17-30/h5-29H,1-4H3. The van der Waals surface area contributed by atoms with Gasteiger partial charge in [-0.1, -0.05) is 143 Å². The first-order valence-corrected chi connectivity index (χ1v) is 18.6. The van der Waals surface area contributed by atoms with Gasteiger partial charge >= 0.3 is 0 Å². The third-order valence-corrected chi connectivity index (χ3v) is 12.1. The van der Waals surface area contributed by atoms with Crippen molar-refractivity contribution >= 4 is 32.7 Å². The van der Waals surface area contributed by atoms with Crippen molar-refractivity contribution in [2.45, 2.75) is 38.5 Å². The summed E-state index contributed by atoms with van der Waals surface area (Å²) >= 11 is 0. The second-order valence-electron chi connectivity index (χ2n) is 15.7. The molecule has 0 atom stereocenters. The summed E-state index contributed by atoms with van der Waals surface area (Å²) in [6, 6.07) is 54.8. The van der Waals surface area contributed by atoms with Crippen molar-refractivity contribution in [1.82, 2.24) is 14.5 Å². The first-order valence-electron chi connectivity index (χ1n) is 18.6. The lowest BCUT2D eigenvalue weighted by molar-refractivity contribution is 0.602. The quantitative estimate of drug-likeness (QED) is 0.186. The van der Waals surface area contributed by atoms with Crippen LogP contribution in [-0.4, -0.2) is 14.5 Å². The number of fused-ring (bicyclic) bond motifs is 13. The highest BCUT2D eigenvalue weighted by Gasteiger charge is 2.48. The summed E-state index contributed by atoms with van der Waals surface area (Å²) in [5, 5.41) is 3.68. The van der Waals surface area contributed by atoms with Crippen molar-refractivity contribution in [2.75, 3.05) is 0 Å². The van der Waals surface area contributed by atoms with Gasteiger partial charge in [-0.3, -0.25) is 0 Å². The highest BCUT2D eigenvalue weighted by atomic mass is 15.0. The first kappa shape index (κ1) is 30.3. The van der Waals surface area contributed by atoms with Crippen molar-refractivity contribution in [3.63, 3.8) is 0 Å². The van der Waals surface area contributed by atoms with E-state index in [1.807, 2.05) is 12.1 Å². The van der Waals surface area contributed by atoms with E-state index in [-0.39, 0.29) is 10.8 Å². The Kier molecular flexibility index (Phi) is 6.07. The summed E-state index contributed by atoms with van der Waals surface area (Å²) in [4.78, 5) is 10.2. The minimum atomic E-state index is -0.168. The zero-order valence-corrected chi connectivity index (χ0v) is 30.3. The molecule has 11 rings (SSSR count). The maximum Gasteiger partial charge on any atom is 0.160 e. The minimum absolute atomic E-state index is 0.146. The zero-order valence-electron chi connectivity index (χ0n) is 30.3. The molecule has 3 heteroatoms. The van der Waals surface area contributed by atoms with Crippen LogP contribution in [0.1, 0.15) is 49.9 Å². The highest BCUT2D eigenvalue weighted by molar-refractivity contribution is 6.23. The van der Waals surface area contributed by atoms with Crippen LogP contribution in [0.5, 0.6) is 0 Å². The minimum Gasteiger partial charge on any atom is -0.309 e. The molecule has 2 aliphatic carbocycles. The SMILES string of the molecule is CC1(C)c2ccccc2-c2c1c1c(c3c2c2ccccc2n3-c2ccc(-c3nc(-c4ccccc4)c4ccccc4n3)cc2)-c2ccccc2C1(C)C. The molecular weight excluding hydrogens is 643 g/mol. The van der Waals surface area contributed by atoms with Crippen LogP contribution >= 0.6 is 0 Å². The number of hydrogen-bond donors (Lipinski definition) is 0. The summed E-state index contributed by atoms with van der Waals surface area (Å²) in [6.45, 7) is 9.72. The van der Waals surface area contributed by atoms with E-state index in [9.17, 15) is 0 Å². The topological polar surface area (TPSA) is 30.7 Å². The van der Waals surface area contributed by atoms with E-state index in [2.05, 4.69) is 172 Å². The van der Waals surface area contributed by atoms with Crippen molar-refractivity contribution in [1.29, 1.82) is 0 Å². The van der Waals surface area contributed by atoms with Gasteiger partial charge in [0.2, 0.25) is 0 Å². The molecule has 0 N–H and O–H groups in total. The smallest absolute Gasteiger partial charge is 0.160 e. The van der Waals surface area contributed by atoms with Gasteiger partial charge in [-0.15, -0.1) is 0 Å². The number of rotatable bonds is 3. The van der Waals surface area contributed by atoms with Gasteiger partial charge in [0.05, 0.1) is 22.2 Å². The Bertz CT molecular complexity index is 2980. The van der Waals surface area contributed by atoms with E-state index < -0.39 is 0 Å². The Labute approximate surface area is 309 Å². The number of aromatic nitrogens is 3. The molecule has 0 amide bonds. The average Bonchev–Trinajstić information content (AvgIpc) is 3.75. The zero-order chi connectivity index (χ0) is 35.6. The molecule has 2 aromatic heterocycles. The first-order chi connectivity index (χ1) is 25.8. The molecule has 9 aromatic rings. The molecule has 0 unspecified atom stereocenters. The summed E-state index contributed by atoms with van der Waals surface area (Å²) in [5.74, 6) is 0.726. The lowest BCUT2D eigenvalue weighted by Gasteiger charge is -2.31. The Hall–Kier alpha value is -6.32. The summed E-state index contributed by atoms with van der Waals surface area (Å²) in [6.07, 6.45) is 0. The molecule has 53 heavy (non-hydrogen) atoms. The maximum absolute atomic E-state index is 5.18. The Balaban J connectivity index is 1.21. The Morgan fingerprint density at radius 2 is 1.04 bits per heavy atom. The van der Waals surface area contributed by atoms with E-state index in [1.165, 1.54) is 66.3 Å². The largest absolute Gasteiger partial charge is 0.309 e. The molecule has 0 radical (unpaired) electrons. The molecule has 0 aliphatic heterocycles. The Morgan fingerprint density at radius 3 is 1.75 bits per heavy atom. The third-order valence-electron chi connectivity index (χ3n) is 12.1. The molecule has 2 aliphatic rings. The van der Waals surface area contributed by atoms with Crippen molar-refractivity contribution < 1.29 is 0 Å². The van der Waals surface area contributed by atoms with E-state index >= 15 is 0 Å². The molecule has 0 saturated carbocycles. The van der Waals surface area contributed by atoms with Gasteiger partial charge < -0.3 is 4.57 Å². The average molecular weight is 680 g/mol. The number of benzene rings is 7. The Morgan fingerprint density at radius 1 is 0.472 bits per heavy atom.